The van der Waals surface area contributed by atoms with E-state index in [-0.39, 0.29) is 24.3 Å². The molecule has 2 unspecified atom stereocenters. The van der Waals surface area contributed by atoms with Crippen LogP contribution >= 0.6 is 0 Å². The number of ether oxygens (including phenoxy) is 1. The number of aliphatic carboxylic acids is 1. The zero-order valence-electron chi connectivity index (χ0n) is 10.5. The van der Waals surface area contributed by atoms with Gasteiger partial charge >= 0.3 is 5.97 Å². The first-order valence-corrected chi connectivity index (χ1v) is 5.96. The van der Waals surface area contributed by atoms with Gasteiger partial charge in [-0.25, -0.2) is 8.78 Å². The summed E-state index contributed by atoms with van der Waals surface area (Å²) in [4.78, 5) is 10.9. The topological polar surface area (TPSA) is 58.6 Å². The molecule has 0 saturated carbocycles. The maximum Gasteiger partial charge on any atom is 0.307 e. The van der Waals surface area contributed by atoms with Gasteiger partial charge in [-0.2, -0.15) is 0 Å². The van der Waals surface area contributed by atoms with Crippen LogP contribution in [0, 0.1) is 17.6 Å². The van der Waals surface area contributed by atoms with Gasteiger partial charge in [-0.3, -0.25) is 4.79 Å². The largest absolute Gasteiger partial charge is 0.481 e. The average Bonchev–Trinajstić information content (AvgIpc) is 2.84. The number of carboxylic acid groups (broad SMARTS) is 1. The Hall–Kier alpha value is -1.53. The summed E-state index contributed by atoms with van der Waals surface area (Å²) in [5, 5.41) is 11.9. The molecule has 1 saturated heterocycles. The number of rotatable bonds is 4. The van der Waals surface area contributed by atoms with Crippen LogP contribution in [0.25, 0.3) is 0 Å². The molecule has 0 aromatic heterocycles. The van der Waals surface area contributed by atoms with E-state index in [1.54, 1.807) is 0 Å². The van der Waals surface area contributed by atoms with Gasteiger partial charge in [0.1, 0.15) is 11.6 Å². The number of halogens is 2. The van der Waals surface area contributed by atoms with E-state index in [4.69, 9.17) is 9.84 Å². The van der Waals surface area contributed by atoms with Crippen LogP contribution in [0.4, 0.5) is 8.78 Å². The molecule has 1 aromatic carbocycles. The summed E-state index contributed by atoms with van der Waals surface area (Å²) >= 11 is 0. The minimum atomic E-state index is -0.908. The first-order chi connectivity index (χ1) is 9.04. The van der Waals surface area contributed by atoms with E-state index < -0.39 is 29.6 Å². The van der Waals surface area contributed by atoms with Crippen molar-refractivity contribution in [3.8, 4) is 0 Å². The fourth-order valence-corrected chi connectivity index (χ4v) is 2.32. The first kappa shape index (κ1) is 13.9. The quantitative estimate of drug-likeness (QED) is 0.877. The molecule has 1 aliphatic rings. The third-order valence-corrected chi connectivity index (χ3v) is 3.36. The first-order valence-electron chi connectivity index (χ1n) is 5.96. The Balaban J connectivity index is 2.26. The van der Waals surface area contributed by atoms with E-state index in [9.17, 15) is 13.6 Å². The summed E-state index contributed by atoms with van der Waals surface area (Å²) in [6.45, 7) is 0.136. The fraction of sp³-hybridized carbons (Fsp3) is 0.462. The van der Waals surface area contributed by atoms with Gasteiger partial charge in [0.15, 0.2) is 0 Å². The minimum Gasteiger partial charge on any atom is -0.481 e. The van der Waals surface area contributed by atoms with Crippen LogP contribution in [-0.2, 0) is 16.1 Å². The monoisotopic (exact) mass is 271 g/mol. The normalized spacial score (nSPS) is 22.7. The van der Waals surface area contributed by atoms with Gasteiger partial charge in [-0.05, 0) is 12.5 Å². The molecule has 19 heavy (non-hydrogen) atoms. The van der Waals surface area contributed by atoms with Crippen molar-refractivity contribution < 1.29 is 23.4 Å². The second-order valence-electron chi connectivity index (χ2n) is 4.59. The summed E-state index contributed by atoms with van der Waals surface area (Å²) < 4.78 is 32.4. The summed E-state index contributed by atoms with van der Waals surface area (Å²) in [5.74, 6) is -2.77. The van der Waals surface area contributed by atoms with Crippen LogP contribution in [0.5, 0.6) is 0 Å². The lowest BCUT2D eigenvalue weighted by Gasteiger charge is -2.14. The molecule has 1 aliphatic heterocycles. The van der Waals surface area contributed by atoms with Crippen molar-refractivity contribution in [2.45, 2.75) is 19.1 Å². The number of hydrogen-bond donors (Lipinski definition) is 2. The van der Waals surface area contributed by atoms with Crippen LogP contribution in [0.15, 0.2) is 12.1 Å². The Labute approximate surface area is 109 Å². The predicted octanol–water partition coefficient (Wildman–Crippen LogP) is 1.85. The Kier molecular flexibility index (Phi) is 4.11. The van der Waals surface area contributed by atoms with Crippen molar-refractivity contribution >= 4 is 5.97 Å². The number of benzene rings is 1. The fourth-order valence-electron chi connectivity index (χ4n) is 2.32. The van der Waals surface area contributed by atoms with E-state index in [1.165, 1.54) is 19.2 Å². The highest BCUT2D eigenvalue weighted by Gasteiger charge is 2.32. The zero-order chi connectivity index (χ0) is 14.0. The summed E-state index contributed by atoms with van der Waals surface area (Å²) in [5.41, 5.74) is 0.165. The molecule has 1 aromatic rings. The van der Waals surface area contributed by atoms with Gasteiger partial charge in [0.25, 0.3) is 0 Å². The van der Waals surface area contributed by atoms with Crippen molar-refractivity contribution in [3.05, 3.63) is 34.9 Å². The number of carboxylic acids is 1. The van der Waals surface area contributed by atoms with E-state index in [1.807, 2.05) is 0 Å². The number of carbonyl (C=O) groups is 1. The molecule has 1 heterocycles. The number of methoxy groups -OCH3 is 1. The van der Waals surface area contributed by atoms with Crippen molar-refractivity contribution in [1.29, 1.82) is 0 Å². The molecule has 2 rings (SSSR count). The lowest BCUT2D eigenvalue weighted by atomic mass is 9.98. The third kappa shape index (κ3) is 2.74. The average molecular weight is 271 g/mol. The van der Waals surface area contributed by atoms with Crippen molar-refractivity contribution in [2.24, 2.45) is 5.92 Å². The molecule has 0 spiro atoms. The summed E-state index contributed by atoms with van der Waals surface area (Å²) in [7, 11) is 1.36. The maximum absolute atomic E-state index is 14.2. The lowest BCUT2D eigenvalue weighted by Crippen LogP contribution is -2.18. The molecule has 1 fully saturated rings. The van der Waals surface area contributed by atoms with Crippen LogP contribution in [-0.4, -0.2) is 24.7 Å². The highest BCUT2D eigenvalue weighted by molar-refractivity contribution is 5.70. The van der Waals surface area contributed by atoms with Gasteiger partial charge in [0, 0.05) is 30.8 Å². The van der Waals surface area contributed by atoms with E-state index in [2.05, 4.69) is 5.32 Å². The van der Waals surface area contributed by atoms with Gasteiger partial charge < -0.3 is 15.2 Å². The minimum absolute atomic E-state index is 0.124. The molecule has 6 heteroatoms. The predicted molar refractivity (Wildman–Crippen MR) is 63.6 cm³/mol. The van der Waals surface area contributed by atoms with E-state index in [0.717, 1.165) is 0 Å². The van der Waals surface area contributed by atoms with E-state index in [0.29, 0.717) is 6.42 Å². The Bertz CT molecular complexity index is 493. The molecule has 104 valence electrons. The maximum atomic E-state index is 14.2. The smallest absolute Gasteiger partial charge is 0.307 e. The standard InChI is InChI=1S/C13H15F2NO3/c1-19-6-9-10(14)3-2-8(12(9)15)11-4-7(5-16-11)13(17)18/h2-3,7,11,16H,4-6H2,1H3,(H,17,18). The number of hydrogen-bond acceptors (Lipinski definition) is 3. The third-order valence-electron chi connectivity index (χ3n) is 3.36. The second-order valence-corrected chi connectivity index (χ2v) is 4.59. The van der Waals surface area contributed by atoms with Crippen molar-refractivity contribution in [2.75, 3.05) is 13.7 Å². The van der Waals surface area contributed by atoms with Crippen LogP contribution in [0.3, 0.4) is 0 Å². The van der Waals surface area contributed by atoms with Crippen molar-refractivity contribution in [3.63, 3.8) is 0 Å². The molecule has 2 atom stereocenters. The summed E-state index contributed by atoms with van der Waals surface area (Å²) in [6, 6.07) is 2.13. The molecule has 0 amide bonds. The van der Waals surface area contributed by atoms with Crippen LogP contribution in [0.1, 0.15) is 23.6 Å². The van der Waals surface area contributed by atoms with E-state index >= 15 is 0 Å². The van der Waals surface area contributed by atoms with Gasteiger partial charge in [-0.15, -0.1) is 0 Å². The van der Waals surface area contributed by atoms with Crippen molar-refractivity contribution in [1.82, 2.24) is 5.32 Å². The lowest BCUT2D eigenvalue weighted by molar-refractivity contribution is -0.141. The van der Waals surface area contributed by atoms with Crippen LogP contribution < -0.4 is 5.32 Å². The zero-order valence-corrected chi connectivity index (χ0v) is 10.5. The highest BCUT2D eigenvalue weighted by atomic mass is 19.1. The molecule has 0 bridgehead atoms. The van der Waals surface area contributed by atoms with Gasteiger partial charge in [0.05, 0.1) is 12.5 Å². The van der Waals surface area contributed by atoms with Gasteiger partial charge in [0.2, 0.25) is 0 Å². The summed E-state index contributed by atoms with van der Waals surface area (Å²) in [6.07, 6.45) is 0.296. The molecular weight excluding hydrogens is 256 g/mol. The van der Waals surface area contributed by atoms with Crippen LogP contribution in [0.2, 0.25) is 0 Å². The van der Waals surface area contributed by atoms with Gasteiger partial charge in [-0.1, -0.05) is 6.07 Å². The second kappa shape index (κ2) is 5.63. The highest BCUT2D eigenvalue weighted by Crippen LogP contribution is 2.31. The molecule has 4 nitrogen and oxygen atoms in total. The Morgan fingerprint density at radius 3 is 2.84 bits per heavy atom. The molecule has 0 radical (unpaired) electrons. The molecular formula is C13H15F2NO3. The molecule has 0 aliphatic carbocycles. The number of nitrogens with one attached hydrogen (secondary N) is 1. The molecule has 2 N–H and O–H groups in total. The Morgan fingerprint density at radius 2 is 2.26 bits per heavy atom. The Morgan fingerprint density at radius 1 is 1.53 bits per heavy atom. The SMILES string of the molecule is COCc1c(F)ccc(C2CC(C(=O)O)CN2)c1F.